The molecule has 0 saturated carbocycles. The van der Waals surface area contributed by atoms with Crippen LogP contribution in [0.25, 0.3) is 16.9 Å². The highest BCUT2D eigenvalue weighted by Crippen LogP contribution is 2.34. The second kappa shape index (κ2) is 8.68. The molecule has 0 bridgehead atoms. The fourth-order valence-corrected chi connectivity index (χ4v) is 4.60. The van der Waals surface area contributed by atoms with Gasteiger partial charge >= 0.3 is 6.03 Å². The Morgan fingerprint density at radius 3 is 2.68 bits per heavy atom. The zero-order valence-electron chi connectivity index (χ0n) is 19.0. The minimum absolute atomic E-state index is 0.0408. The van der Waals surface area contributed by atoms with Crippen molar-refractivity contribution in [3.05, 3.63) is 53.4 Å². The minimum Gasteiger partial charge on any atom is -0.374 e. The summed E-state index contributed by atoms with van der Waals surface area (Å²) in [7, 11) is 0. The van der Waals surface area contributed by atoms with E-state index in [1.807, 2.05) is 25.3 Å². The van der Waals surface area contributed by atoms with Crippen LogP contribution in [0.5, 0.6) is 0 Å². The molecule has 5 rings (SSSR count). The topological polar surface area (TPSA) is 79.2 Å². The number of nitrogens with zero attached hydrogens (tertiary/aromatic N) is 4. The molecule has 0 unspecified atom stereocenters. The standard InChI is InChI=1S/C24H25F2N5O3/c1-14-3-5-31-20(12-17-13-29(15(2)32)7-8-34-17)23(28-21(31)9-14)22-18(25)10-16(11-19(22)26)30-6-4-27-24(30)33/h3,5,9-11,17H,4,6-8,12-13H2,1-2H3,(H,27,33)/t17-/m0/s1. The predicted octanol–water partition coefficient (Wildman–Crippen LogP) is 2.91. The van der Waals surface area contributed by atoms with Gasteiger partial charge in [0.15, 0.2) is 0 Å². The highest BCUT2D eigenvalue weighted by Gasteiger charge is 2.29. The highest BCUT2D eigenvalue weighted by molar-refractivity contribution is 5.94. The van der Waals surface area contributed by atoms with Crippen LogP contribution < -0.4 is 10.2 Å². The number of fused-ring (bicyclic) bond motifs is 1. The molecule has 0 aliphatic carbocycles. The molecule has 8 nitrogen and oxygen atoms in total. The average molecular weight is 469 g/mol. The number of halogens is 2. The molecule has 2 fully saturated rings. The Morgan fingerprint density at radius 1 is 1.24 bits per heavy atom. The van der Waals surface area contributed by atoms with Gasteiger partial charge in [0.1, 0.15) is 17.3 Å². The Morgan fingerprint density at radius 2 is 2.00 bits per heavy atom. The lowest BCUT2D eigenvalue weighted by atomic mass is 10.0. The smallest absolute Gasteiger partial charge is 0.321 e. The van der Waals surface area contributed by atoms with Gasteiger partial charge in [-0.1, -0.05) is 0 Å². The number of imidazole rings is 1. The summed E-state index contributed by atoms with van der Waals surface area (Å²) in [6, 6.07) is 5.68. The molecule has 2 aliphatic heterocycles. The van der Waals surface area contributed by atoms with Gasteiger partial charge < -0.3 is 19.4 Å². The third-order valence-electron chi connectivity index (χ3n) is 6.32. The summed E-state index contributed by atoms with van der Waals surface area (Å²) < 4.78 is 38.4. The lowest BCUT2D eigenvalue weighted by molar-refractivity contribution is -0.136. The van der Waals surface area contributed by atoms with Crippen LogP contribution in [-0.2, 0) is 16.0 Å². The van der Waals surface area contributed by atoms with Gasteiger partial charge in [-0.2, -0.15) is 0 Å². The number of ether oxygens (including phenoxy) is 1. The number of urea groups is 1. The molecular formula is C24H25F2N5O3. The van der Waals surface area contributed by atoms with E-state index >= 15 is 8.78 Å². The first-order valence-corrected chi connectivity index (χ1v) is 11.2. The second-order valence-corrected chi connectivity index (χ2v) is 8.67. The van der Waals surface area contributed by atoms with Crippen molar-refractivity contribution in [3.63, 3.8) is 0 Å². The number of anilines is 1. The molecule has 0 radical (unpaired) electrons. The Kier molecular flexibility index (Phi) is 5.68. The number of aromatic nitrogens is 2. The first-order chi connectivity index (χ1) is 16.3. The molecule has 1 atom stereocenters. The largest absolute Gasteiger partial charge is 0.374 e. The zero-order chi connectivity index (χ0) is 24.0. The fraction of sp³-hybridized carbons (Fsp3) is 0.375. The molecule has 1 aromatic carbocycles. The van der Waals surface area contributed by atoms with Crippen LogP contribution in [0.4, 0.5) is 19.3 Å². The summed E-state index contributed by atoms with van der Waals surface area (Å²) >= 11 is 0. The van der Waals surface area contributed by atoms with Crippen LogP contribution in [0, 0.1) is 18.6 Å². The third kappa shape index (κ3) is 3.98. The van der Waals surface area contributed by atoms with E-state index < -0.39 is 11.6 Å². The number of amides is 3. The molecule has 178 valence electrons. The predicted molar refractivity (Wildman–Crippen MR) is 122 cm³/mol. The van der Waals surface area contributed by atoms with Crippen LogP contribution in [0.1, 0.15) is 18.2 Å². The highest BCUT2D eigenvalue weighted by atomic mass is 19.1. The van der Waals surface area contributed by atoms with E-state index in [0.717, 1.165) is 17.7 Å². The Hall–Kier alpha value is -3.53. The summed E-state index contributed by atoms with van der Waals surface area (Å²) in [5.74, 6) is -1.64. The van der Waals surface area contributed by atoms with Crippen molar-refractivity contribution >= 4 is 23.3 Å². The SMILES string of the molecule is CC(=O)N1CCO[C@@H](Cc2c(-c3c(F)cc(N4CCNC4=O)cc3F)nc3cc(C)ccn23)C1. The molecule has 3 aromatic rings. The van der Waals surface area contributed by atoms with E-state index in [-0.39, 0.29) is 35.0 Å². The van der Waals surface area contributed by atoms with E-state index in [2.05, 4.69) is 10.3 Å². The van der Waals surface area contributed by atoms with Gasteiger partial charge in [0.05, 0.1) is 35.3 Å². The van der Waals surface area contributed by atoms with Crippen molar-refractivity contribution < 1.29 is 23.1 Å². The normalized spacial score (nSPS) is 18.6. The number of hydrogen-bond acceptors (Lipinski definition) is 4. The number of rotatable bonds is 4. The van der Waals surface area contributed by atoms with Crippen LogP contribution in [0.15, 0.2) is 30.5 Å². The molecule has 2 aromatic heterocycles. The van der Waals surface area contributed by atoms with E-state index in [9.17, 15) is 9.59 Å². The second-order valence-electron chi connectivity index (χ2n) is 8.67. The summed E-state index contributed by atoms with van der Waals surface area (Å²) in [5, 5.41) is 2.63. The van der Waals surface area contributed by atoms with Crippen molar-refractivity contribution in [3.8, 4) is 11.3 Å². The molecule has 4 heterocycles. The van der Waals surface area contributed by atoms with E-state index in [4.69, 9.17) is 4.74 Å². The van der Waals surface area contributed by atoms with E-state index in [1.165, 1.54) is 11.8 Å². The Balaban J connectivity index is 1.58. The number of aryl methyl sites for hydroxylation is 1. The molecule has 3 amide bonds. The number of benzene rings is 1. The van der Waals surface area contributed by atoms with Gasteiger partial charge in [0.2, 0.25) is 5.91 Å². The maximum atomic E-state index is 15.4. The number of carbonyl (C=O) groups excluding carboxylic acids is 2. The third-order valence-corrected chi connectivity index (χ3v) is 6.32. The monoisotopic (exact) mass is 469 g/mol. The minimum atomic E-state index is -0.800. The first kappa shape index (κ1) is 22.3. The average Bonchev–Trinajstić information content (AvgIpc) is 3.37. The quantitative estimate of drug-likeness (QED) is 0.638. The van der Waals surface area contributed by atoms with Crippen molar-refractivity contribution in [1.29, 1.82) is 0 Å². The number of carbonyl (C=O) groups is 2. The number of pyridine rings is 1. The molecular weight excluding hydrogens is 444 g/mol. The zero-order valence-corrected chi connectivity index (χ0v) is 19.0. The van der Waals surface area contributed by atoms with Gasteiger partial charge in [-0.3, -0.25) is 9.69 Å². The van der Waals surface area contributed by atoms with Gasteiger partial charge in [0.25, 0.3) is 0 Å². The number of nitrogens with one attached hydrogen (secondary N) is 1. The molecule has 2 saturated heterocycles. The van der Waals surface area contributed by atoms with Gasteiger partial charge in [-0.25, -0.2) is 18.6 Å². The molecule has 1 N–H and O–H groups in total. The molecule has 2 aliphatic rings. The maximum Gasteiger partial charge on any atom is 0.321 e. The summed E-state index contributed by atoms with van der Waals surface area (Å²) in [6.45, 7) is 5.48. The van der Waals surface area contributed by atoms with Crippen LogP contribution in [-0.4, -0.2) is 65.1 Å². The van der Waals surface area contributed by atoms with Crippen molar-refractivity contribution in [1.82, 2.24) is 19.6 Å². The maximum absolute atomic E-state index is 15.4. The lowest BCUT2D eigenvalue weighted by Gasteiger charge is -2.32. The van der Waals surface area contributed by atoms with Gasteiger partial charge in [0, 0.05) is 45.7 Å². The molecule has 0 spiro atoms. The van der Waals surface area contributed by atoms with Gasteiger partial charge in [-0.05, 0) is 36.8 Å². The summed E-state index contributed by atoms with van der Waals surface area (Å²) in [5.41, 5.74) is 2.20. The summed E-state index contributed by atoms with van der Waals surface area (Å²) in [4.78, 5) is 31.4. The van der Waals surface area contributed by atoms with Crippen molar-refractivity contribution in [2.75, 3.05) is 37.7 Å². The fourth-order valence-electron chi connectivity index (χ4n) is 4.60. The Bertz CT molecular complexity index is 1270. The molecule has 10 heteroatoms. The van der Waals surface area contributed by atoms with Crippen molar-refractivity contribution in [2.45, 2.75) is 26.4 Å². The van der Waals surface area contributed by atoms with Crippen LogP contribution in [0.2, 0.25) is 0 Å². The Labute approximate surface area is 195 Å². The van der Waals surface area contributed by atoms with Crippen LogP contribution >= 0.6 is 0 Å². The van der Waals surface area contributed by atoms with Gasteiger partial charge in [-0.15, -0.1) is 0 Å². The summed E-state index contributed by atoms with van der Waals surface area (Å²) in [6.07, 6.45) is 1.80. The van der Waals surface area contributed by atoms with Crippen molar-refractivity contribution in [2.24, 2.45) is 0 Å². The number of hydrogen-bond donors (Lipinski definition) is 1. The van der Waals surface area contributed by atoms with Crippen LogP contribution in [0.3, 0.4) is 0 Å². The van der Waals surface area contributed by atoms with E-state index in [0.29, 0.717) is 50.5 Å². The molecule has 34 heavy (non-hydrogen) atoms. The van der Waals surface area contributed by atoms with E-state index in [1.54, 1.807) is 9.30 Å². The number of morpholine rings is 1. The first-order valence-electron chi connectivity index (χ1n) is 11.2. The lowest BCUT2D eigenvalue weighted by Crippen LogP contribution is -2.45.